The summed E-state index contributed by atoms with van der Waals surface area (Å²) in [6, 6.07) is 15.2. The van der Waals surface area contributed by atoms with E-state index in [9.17, 15) is 14.7 Å². The molecule has 5 nitrogen and oxygen atoms in total. The molecule has 32 heavy (non-hydrogen) atoms. The third kappa shape index (κ3) is 4.86. The number of carboxylic acid groups (broad SMARTS) is 1. The molecular weight excluding hydrogens is 422 g/mol. The number of carbonyl (C=O) groups is 2. The van der Waals surface area contributed by atoms with Gasteiger partial charge in [0, 0.05) is 5.56 Å². The number of fused-ring (bicyclic) bond motifs is 1. The smallest absolute Gasteiger partial charge is 0.339 e. The maximum atomic E-state index is 12.8. The number of benzene rings is 2. The molecule has 1 atom stereocenters. The average Bonchev–Trinajstić information content (AvgIpc) is 3.16. The van der Waals surface area contributed by atoms with E-state index in [0.29, 0.717) is 16.3 Å². The molecule has 2 aromatic carbocycles. The molecule has 2 N–H and O–H groups in total. The maximum absolute atomic E-state index is 12.8. The van der Waals surface area contributed by atoms with Crippen LogP contribution in [0.2, 0.25) is 0 Å². The summed E-state index contributed by atoms with van der Waals surface area (Å²) in [5.41, 5.74) is 3.75. The van der Waals surface area contributed by atoms with E-state index in [1.54, 1.807) is 24.3 Å². The molecule has 4 rings (SSSR count). The number of hydrogen-bond acceptors (Lipinski definition) is 4. The van der Waals surface area contributed by atoms with Gasteiger partial charge in [0.2, 0.25) is 0 Å². The van der Waals surface area contributed by atoms with Crippen LogP contribution in [0.25, 0.3) is 0 Å². The molecule has 1 heterocycles. The summed E-state index contributed by atoms with van der Waals surface area (Å²) in [4.78, 5) is 24.9. The van der Waals surface area contributed by atoms with Crippen LogP contribution >= 0.6 is 11.3 Å². The van der Waals surface area contributed by atoms with Crippen LogP contribution in [-0.2, 0) is 12.8 Å². The van der Waals surface area contributed by atoms with Gasteiger partial charge in [0.15, 0.2) is 0 Å². The number of aryl methyl sites for hydroxylation is 1. The van der Waals surface area contributed by atoms with Gasteiger partial charge in [-0.05, 0) is 92.3 Å². The number of thiophene rings is 1. The Bertz CT molecular complexity index is 1140. The van der Waals surface area contributed by atoms with Crippen LogP contribution in [-0.4, -0.2) is 22.6 Å². The number of carboxylic acids is 1. The van der Waals surface area contributed by atoms with Crippen LogP contribution in [0.15, 0.2) is 53.9 Å². The Labute approximate surface area is 192 Å². The average molecular weight is 450 g/mol. The first-order valence-corrected chi connectivity index (χ1v) is 11.6. The zero-order chi connectivity index (χ0) is 22.9. The van der Waals surface area contributed by atoms with Crippen LogP contribution in [0, 0.1) is 0 Å². The van der Waals surface area contributed by atoms with E-state index in [2.05, 4.69) is 17.4 Å². The van der Waals surface area contributed by atoms with Crippen molar-refractivity contribution in [1.82, 2.24) is 0 Å². The molecule has 0 bridgehead atoms. The lowest BCUT2D eigenvalue weighted by Gasteiger charge is -2.24. The first-order valence-electron chi connectivity index (χ1n) is 10.7. The van der Waals surface area contributed by atoms with Gasteiger partial charge < -0.3 is 15.2 Å². The first kappa shape index (κ1) is 22.1. The minimum absolute atomic E-state index is 0.131. The van der Waals surface area contributed by atoms with Crippen molar-refractivity contribution in [3.8, 4) is 5.75 Å². The van der Waals surface area contributed by atoms with Crippen molar-refractivity contribution in [1.29, 1.82) is 0 Å². The molecule has 1 amide bonds. The second-order valence-corrected chi connectivity index (χ2v) is 9.98. The number of hydrogen-bond donors (Lipinski definition) is 2. The summed E-state index contributed by atoms with van der Waals surface area (Å²) >= 11 is 1.28. The van der Waals surface area contributed by atoms with E-state index in [0.717, 1.165) is 24.8 Å². The van der Waals surface area contributed by atoms with Gasteiger partial charge in [0.1, 0.15) is 16.4 Å². The fourth-order valence-electron chi connectivity index (χ4n) is 4.15. The Morgan fingerprint density at radius 2 is 1.75 bits per heavy atom. The number of rotatable bonds is 5. The number of amides is 1. The quantitative estimate of drug-likeness (QED) is 0.490. The predicted octanol–water partition coefficient (Wildman–Crippen LogP) is 6.15. The van der Waals surface area contributed by atoms with Crippen molar-refractivity contribution in [2.24, 2.45) is 0 Å². The lowest BCUT2D eigenvalue weighted by Crippen LogP contribution is -2.23. The zero-order valence-electron chi connectivity index (χ0n) is 18.5. The molecule has 6 heteroatoms. The van der Waals surface area contributed by atoms with E-state index >= 15 is 0 Å². The fraction of sp³-hybridized carbons (Fsp3) is 0.308. The molecule has 0 fully saturated rings. The van der Waals surface area contributed by atoms with Crippen LogP contribution in [0.1, 0.15) is 70.5 Å². The molecule has 1 unspecified atom stereocenters. The second-order valence-electron chi connectivity index (χ2n) is 9.10. The highest BCUT2D eigenvalue weighted by atomic mass is 32.1. The largest absolute Gasteiger partial charge is 0.488 e. The molecule has 0 aliphatic heterocycles. The number of anilines is 1. The molecule has 0 saturated carbocycles. The molecule has 1 aliphatic carbocycles. The van der Waals surface area contributed by atoms with E-state index < -0.39 is 5.97 Å². The van der Waals surface area contributed by atoms with Gasteiger partial charge in [-0.3, -0.25) is 4.79 Å². The Morgan fingerprint density at radius 3 is 2.41 bits per heavy atom. The lowest BCUT2D eigenvalue weighted by atomic mass is 9.80. The predicted molar refractivity (Wildman–Crippen MR) is 127 cm³/mol. The number of nitrogens with one attached hydrogen (secondary N) is 1. The summed E-state index contributed by atoms with van der Waals surface area (Å²) in [5.74, 6) is -0.537. The van der Waals surface area contributed by atoms with Crippen LogP contribution in [0.5, 0.6) is 5.75 Å². The standard InChI is InChI=1S/C26H27NO4S/c1-26(2,3)31-20-12-10-17(11-13-20)23(28)27-24-22(25(29)30)21(15-32-24)19-9-8-16-6-4-5-7-18(16)14-19/h4-7,10-13,15,19H,8-9,14H2,1-3H3,(H,27,28)(H,29,30). The van der Waals surface area contributed by atoms with E-state index in [4.69, 9.17) is 4.74 Å². The highest BCUT2D eigenvalue weighted by Crippen LogP contribution is 2.40. The Balaban J connectivity index is 1.53. The van der Waals surface area contributed by atoms with Gasteiger partial charge in [-0.25, -0.2) is 4.79 Å². The monoisotopic (exact) mass is 449 g/mol. The summed E-state index contributed by atoms with van der Waals surface area (Å²) < 4.78 is 5.79. The third-order valence-corrected chi connectivity index (χ3v) is 6.50. The number of carbonyl (C=O) groups excluding carboxylic acids is 1. The van der Waals surface area contributed by atoms with Crippen molar-refractivity contribution < 1.29 is 19.4 Å². The minimum atomic E-state index is -1.01. The number of aromatic carboxylic acids is 1. The van der Waals surface area contributed by atoms with Crippen LogP contribution < -0.4 is 10.1 Å². The van der Waals surface area contributed by atoms with E-state index in [-0.39, 0.29) is 23.0 Å². The highest BCUT2D eigenvalue weighted by molar-refractivity contribution is 7.15. The molecular formula is C26H27NO4S. The molecule has 0 spiro atoms. The van der Waals surface area contributed by atoms with Gasteiger partial charge in [-0.2, -0.15) is 0 Å². The maximum Gasteiger partial charge on any atom is 0.339 e. The topological polar surface area (TPSA) is 75.6 Å². The molecule has 0 radical (unpaired) electrons. The van der Waals surface area contributed by atoms with Crippen LogP contribution in [0.4, 0.5) is 5.00 Å². The minimum Gasteiger partial charge on any atom is -0.488 e. The molecule has 0 saturated heterocycles. The Morgan fingerprint density at radius 1 is 1.06 bits per heavy atom. The summed E-state index contributed by atoms with van der Waals surface area (Å²) in [6.07, 6.45) is 2.65. The Hall–Kier alpha value is -3.12. The lowest BCUT2D eigenvalue weighted by molar-refractivity contribution is 0.0696. The Kier molecular flexibility index (Phi) is 6.07. The fourth-order valence-corrected chi connectivity index (χ4v) is 5.18. The van der Waals surface area contributed by atoms with Crippen molar-refractivity contribution in [3.63, 3.8) is 0 Å². The first-order chi connectivity index (χ1) is 15.2. The summed E-state index contributed by atoms with van der Waals surface area (Å²) in [7, 11) is 0. The van der Waals surface area contributed by atoms with Gasteiger partial charge in [-0.15, -0.1) is 11.3 Å². The normalized spacial score (nSPS) is 15.7. The van der Waals surface area contributed by atoms with Crippen molar-refractivity contribution in [2.45, 2.75) is 51.6 Å². The van der Waals surface area contributed by atoms with Gasteiger partial charge in [0.25, 0.3) is 5.91 Å². The van der Waals surface area contributed by atoms with Crippen molar-refractivity contribution in [2.75, 3.05) is 5.32 Å². The summed E-state index contributed by atoms with van der Waals surface area (Å²) in [6.45, 7) is 5.88. The highest BCUT2D eigenvalue weighted by Gasteiger charge is 2.28. The molecule has 1 aliphatic rings. The summed E-state index contributed by atoms with van der Waals surface area (Å²) in [5, 5.41) is 15.0. The van der Waals surface area contributed by atoms with Crippen molar-refractivity contribution >= 4 is 28.2 Å². The molecule has 3 aromatic rings. The van der Waals surface area contributed by atoms with Crippen LogP contribution in [0.3, 0.4) is 0 Å². The zero-order valence-corrected chi connectivity index (χ0v) is 19.3. The van der Waals surface area contributed by atoms with Crippen molar-refractivity contribution in [3.05, 3.63) is 81.7 Å². The SMILES string of the molecule is CC(C)(C)Oc1ccc(C(=O)Nc2scc(C3CCc4ccccc4C3)c2C(=O)O)cc1. The molecule has 1 aromatic heterocycles. The molecule has 166 valence electrons. The van der Waals surface area contributed by atoms with Gasteiger partial charge in [0.05, 0.1) is 5.56 Å². The van der Waals surface area contributed by atoms with Gasteiger partial charge in [-0.1, -0.05) is 24.3 Å². The van der Waals surface area contributed by atoms with Gasteiger partial charge >= 0.3 is 5.97 Å². The number of ether oxygens (including phenoxy) is 1. The van der Waals surface area contributed by atoms with E-state index in [1.807, 2.05) is 38.3 Å². The second kappa shape index (κ2) is 8.79. The van der Waals surface area contributed by atoms with E-state index in [1.165, 1.54) is 22.5 Å². The third-order valence-electron chi connectivity index (χ3n) is 5.59.